The molecule has 0 unspecified atom stereocenters. The highest BCUT2D eigenvalue weighted by Crippen LogP contribution is 2.29. The molecule has 4 nitrogen and oxygen atoms in total. The minimum Gasteiger partial charge on any atom is -0.452 e. The van der Waals surface area contributed by atoms with E-state index in [-0.39, 0.29) is 5.78 Å². The number of carbonyl (C=O) groups excluding carboxylic acids is 1. The van der Waals surface area contributed by atoms with Gasteiger partial charge in [-0.3, -0.25) is 9.48 Å². The van der Waals surface area contributed by atoms with Gasteiger partial charge < -0.3 is 4.42 Å². The average Bonchev–Trinajstić information content (AvgIpc) is 2.98. The maximum atomic E-state index is 12.4. The third-order valence-electron chi connectivity index (χ3n) is 3.47. The van der Waals surface area contributed by atoms with Crippen LogP contribution in [0, 0.1) is 13.8 Å². The van der Waals surface area contributed by atoms with E-state index in [4.69, 9.17) is 4.42 Å². The second-order valence-corrected chi connectivity index (χ2v) is 5.67. The number of furan rings is 1. The first-order chi connectivity index (χ1) is 9.47. The van der Waals surface area contributed by atoms with E-state index in [2.05, 4.69) is 21.0 Å². The molecule has 0 bridgehead atoms. The molecule has 0 N–H and O–H groups in total. The van der Waals surface area contributed by atoms with Crippen LogP contribution in [0.25, 0.3) is 11.0 Å². The molecular weight excluding hydrogens is 320 g/mol. The van der Waals surface area contributed by atoms with Crippen molar-refractivity contribution in [2.75, 3.05) is 0 Å². The van der Waals surface area contributed by atoms with Crippen LogP contribution in [-0.2, 0) is 7.05 Å². The second-order valence-electron chi connectivity index (χ2n) is 4.82. The normalized spacial score (nSPS) is 11.2. The monoisotopic (exact) mass is 332 g/mol. The second kappa shape index (κ2) is 4.59. The van der Waals surface area contributed by atoms with Gasteiger partial charge in [-0.25, -0.2) is 0 Å². The lowest BCUT2D eigenvalue weighted by Crippen LogP contribution is -2.01. The Morgan fingerprint density at radius 1 is 1.30 bits per heavy atom. The molecule has 2 aromatic heterocycles. The summed E-state index contributed by atoms with van der Waals surface area (Å²) in [5.74, 6) is 0.125. The van der Waals surface area contributed by atoms with Crippen LogP contribution in [0.4, 0.5) is 0 Å². The standard InChI is InChI=1S/C15H13BrN2O2/c1-8-6-12(17-18(8)3)15(19)14-7-10-9(2)11(16)4-5-13(10)20-14/h4-7H,1-3H3. The first-order valence-electron chi connectivity index (χ1n) is 6.21. The Bertz CT molecular complexity index is 810. The molecule has 0 radical (unpaired) electrons. The Morgan fingerprint density at radius 2 is 2.05 bits per heavy atom. The summed E-state index contributed by atoms with van der Waals surface area (Å²) in [7, 11) is 1.81. The van der Waals surface area contributed by atoms with Gasteiger partial charge in [-0.15, -0.1) is 0 Å². The minimum absolute atomic E-state index is 0.194. The zero-order chi connectivity index (χ0) is 14.4. The summed E-state index contributed by atoms with van der Waals surface area (Å²) in [5.41, 5.74) is 3.10. The number of nitrogens with zero attached hydrogens (tertiary/aromatic N) is 2. The first kappa shape index (κ1) is 13.1. The summed E-state index contributed by atoms with van der Waals surface area (Å²) >= 11 is 3.48. The molecule has 3 aromatic rings. The molecule has 0 saturated heterocycles. The average molecular weight is 333 g/mol. The maximum Gasteiger partial charge on any atom is 0.248 e. The fourth-order valence-electron chi connectivity index (χ4n) is 2.13. The van der Waals surface area contributed by atoms with Gasteiger partial charge in [0.2, 0.25) is 5.78 Å². The molecule has 0 spiro atoms. The largest absolute Gasteiger partial charge is 0.452 e. The molecule has 102 valence electrons. The van der Waals surface area contributed by atoms with Crippen LogP contribution < -0.4 is 0 Å². The van der Waals surface area contributed by atoms with E-state index in [1.807, 2.05) is 33.0 Å². The number of ketones is 1. The predicted octanol–water partition coefficient (Wildman–Crippen LogP) is 3.78. The zero-order valence-corrected chi connectivity index (χ0v) is 13.0. The summed E-state index contributed by atoms with van der Waals surface area (Å²) in [6.45, 7) is 3.89. The van der Waals surface area contributed by atoms with Crippen LogP contribution in [0.3, 0.4) is 0 Å². The summed E-state index contributed by atoms with van der Waals surface area (Å²) in [4.78, 5) is 12.4. The third kappa shape index (κ3) is 1.98. The summed E-state index contributed by atoms with van der Waals surface area (Å²) in [6.07, 6.45) is 0. The van der Waals surface area contributed by atoms with Gasteiger partial charge >= 0.3 is 0 Å². The fraction of sp³-hybridized carbons (Fsp3) is 0.200. The Balaban J connectivity index is 2.10. The molecule has 0 aliphatic carbocycles. The van der Waals surface area contributed by atoms with E-state index in [9.17, 15) is 4.79 Å². The molecular formula is C15H13BrN2O2. The Kier molecular flexibility index (Phi) is 3.01. The SMILES string of the molecule is Cc1c(Br)ccc2oc(C(=O)c3cc(C)n(C)n3)cc12. The highest BCUT2D eigenvalue weighted by Gasteiger charge is 2.19. The molecule has 2 heterocycles. The van der Waals surface area contributed by atoms with Gasteiger partial charge in [0.1, 0.15) is 11.3 Å². The summed E-state index contributed by atoms with van der Waals surface area (Å²) in [6, 6.07) is 7.31. The first-order valence-corrected chi connectivity index (χ1v) is 7.00. The molecule has 0 atom stereocenters. The fourth-order valence-corrected chi connectivity index (χ4v) is 2.48. The number of aryl methyl sites for hydroxylation is 3. The van der Waals surface area contributed by atoms with E-state index in [1.165, 1.54) is 0 Å². The van der Waals surface area contributed by atoms with Gasteiger partial charge in [0.25, 0.3) is 0 Å². The van der Waals surface area contributed by atoms with Crippen LogP contribution in [0.15, 0.2) is 33.2 Å². The molecule has 0 aliphatic rings. The number of rotatable bonds is 2. The van der Waals surface area contributed by atoms with Gasteiger partial charge in [0.15, 0.2) is 5.76 Å². The predicted molar refractivity (Wildman–Crippen MR) is 80.0 cm³/mol. The molecule has 5 heteroatoms. The number of halogens is 1. The van der Waals surface area contributed by atoms with Crippen LogP contribution in [0.1, 0.15) is 27.5 Å². The van der Waals surface area contributed by atoms with Crippen molar-refractivity contribution < 1.29 is 9.21 Å². The number of hydrogen-bond acceptors (Lipinski definition) is 3. The van der Waals surface area contributed by atoms with E-state index >= 15 is 0 Å². The van der Waals surface area contributed by atoms with Gasteiger partial charge in [-0.05, 0) is 43.7 Å². The van der Waals surface area contributed by atoms with Gasteiger partial charge in [-0.2, -0.15) is 5.10 Å². The lowest BCUT2D eigenvalue weighted by molar-refractivity contribution is 0.101. The highest BCUT2D eigenvalue weighted by atomic mass is 79.9. The van der Waals surface area contributed by atoms with Crippen molar-refractivity contribution in [2.24, 2.45) is 7.05 Å². The smallest absolute Gasteiger partial charge is 0.248 e. The number of fused-ring (bicyclic) bond motifs is 1. The van der Waals surface area contributed by atoms with E-state index in [0.29, 0.717) is 17.0 Å². The Labute approximate surface area is 124 Å². The molecule has 0 saturated carbocycles. The topological polar surface area (TPSA) is 48.0 Å². The summed E-state index contributed by atoms with van der Waals surface area (Å²) in [5, 5.41) is 5.13. The molecule has 20 heavy (non-hydrogen) atoms. The highest BCUT2D eigenvalue weighted by molar-refractivity contribution is 9.10. The minimum atomic E-state index is -0.194. The van der Waals surface area contributed by atoms with Crippen LogP contribution in [0.5, 0.6) is 0 Å². The third-order valence-corrected chi connectivity index (χ3v) is 4.33. The summed E-state index contributed by atoms with van der Waals surface area (Å²) < 4.78 is 8.33. The van der Waals surface area contributed by atoms with E-state index < -0.39 is 0 Å². The van der Waals surface area contributed by atoms with Crippen LogP contribution in [0.2, 0.25) is 0 Å². The quantitative estimate of drug-likeness (QED) is 0.671. The molecule has 1 aromatic carbocycles. The van der Waals surface area contributed by atoms with Crippen molar-refractivity contribution in [1.29, 1.82) is 0 Å². The Hall–Kier alpha value is -1.88. The van der Waals surface area contributed by atoms with Gasteiger partial charge in [0, 0.05) is 22.6 Å². The van der Waals surface area contributed by atoms with Gasteiger partial charge in [0.05, 0.1) is 0 Å². The number of carbonyl (C=O) groups is 1. The van der Waals surface area contributed by atoms with Crippen LogP contribution in [-0.4, -0.2) is 15.6 Å². The van der Waals surface area contributed by atoms with Crippen molar-refractivity contribution in [3.8, 4) is 0 Å². The van der Waals surface area contributed by atoms with Crippen molar-refractivity contribution in [1.82, 2.24) is 9.78 Å². The lowest BCUT2D eigenvalue weighted by Gasteiger charge is -1.96. The van der Waals surface area contributed by atoms with Crippen molar-refractivity contribution in [3.05, 3.63) is 51.4 Å². The zero-order valence-electron chi connectivity index (χ0n) is 11.4. The van der Waals surface area contributed by atoms with E-state index in [0.717, 1.165) is 21.1 Å². The van der Waals surface area contributed by atoms with Crippen molar-refractivity contribution in [2.45, 2.75) is 13.8 Å². The molecule has 0 aliphatic heterocycles. The Morgan fingerprint density at radius 3 is 2.70 bits per heavy atom. The van der Waals surface area contributed by atoms with Gasteiger partial charge in [-0.1, -0.05) is 15.9 Å². The van der Waals surface area contributed by atoms with Crippen molar-refractivity contribution >= 4 is 32.7 Å². The maximum absolute atomic E-state index is 12.4. The van der Waals surface area contributed by atoms with Crippen LogP contribution >= 0.6 is 15.9 Å². The molecule has 3 rings (SSSR count). The molecule has 0 fully saturated rings. The van der Waals surface area contributed by atoms with E-state index in [1.54, 1.807) is 16.8 Å². The number of hydrogen-bond donors (Lipinski definition) is 0. The van der Waals surface area contributed by atoms with Crippen molar-refractivity contribution in [3.63, 3.8) is 0 Å². The lowest BCUT2D eigenvalue weighted by atomic mass is 10.1. The molecule has 0 amide bonds. The number of aromatic nitrogens is 2. The number of benzene rings is 1.